The number of hydrogen-bond acceptors (Lipinski definition) is 8. The number of anilines is 2. The third kappa shape index (κ3) is 6.49. The van der Waals surface area contributed by atoms with E-state index in [0.29, 0.717) is 19.4 Å². The molecule has 1 unspecified atom stereocenters. The summed E-state index contributed by atoms with van der Waals surface area (Å²) in [5, 5.41) is 8.49. The Morgan fingerprint density at radius 1 is 0.868 bits per heavy atom. The molecule has 1 N–H and O–H groups in total. The molecule has 2 atom stereocenters. The van der Waals surface area contributed by atoms with Crippen LogP contribution in [0.5, 0.6) is 0 Å². The van der Waals surface area contributed by atoms with Crippen molar-refractivity contribution < 1.29 is 14.0 Å². The van der Waals surface area contributed by atoms with E-state index < -0.39 is 0 Å². The van der Waals surface area contributed by atoms with Crippen LogP contribution in [0.4, 0.5) is 16.0 Å². The number of fused-ring (bicyclic) bond motifs is 2. The molecule has 3 aliphatic heterocycles. The van der Waals surface area contributed by atoms with Gasteiger partial charge in [-0.15, -0.1) is 5.10 Å². The molecule has 266 valence electrons. The van der Waals surface area contributed by atoms with Gasteiger partial charge in [-0.1, -0.05) is 30.0 Å². The quantitative estimate of drug-likeness (QED) is 0.182. The number of aromatic nitrogens is 5. The molecule has 11 nitrogen and oxygen atoms in total. The maximum atomic E-state index is 14.1. The summed E-state index contributed by atoms with van der Waals surface area (Å²) in [7, 11) is 0. The zero-order chi connectivity index (χ0) is 35.9. The van der Waals surface area contributed by atoms with Crippen LogP contribution in [-0.4, -0.2) is 80.1 Å². The fraction of sp³-hybridized carbons (Fsp3) is 0.293. The normalized spacial score (nSPS) is 19.5. The number of amides is 2. The maximum Gasteiger partial charge on any atom is 0.249 e. The Labute approximate surface area is 306 Å². The summed E-state index contributed by atoms with van der Waals surface area (Å²) >= 11 is 0. The molecule has 0 saturated carbocycles. The number of benzene rings is 2. The highest BCUT2D eigenvalue weighted by Crippen LogP contribution is 2.36. The number of carbonyl (C=O) groups is 2. The van der Waals surface area contributed by atoms with Gasteiger partial charge in [0, 0.05) is 61.8 Å². The predicted molar refractivity (Wildman–Crippen MR) is 201 cm³/mol. The van der Waals surface area contributed by atoms with E-state index in [1.165, 1.54) is 6.07 Å². The van der Waals surface area contributed by atoms with Crippen molar-refractivity contribution in [3.63, 3.8) is 0 Å². The van der Waals surface area contributed by atoms with Crippen LogP contribution in [0.1, 0.15) is 48.9 Å². The minimum Gasteiger partial charge on any atom is -0.354 e. The first-order chi connectivity index (χ1) is 26.0. The second kappa shape index (κ2) is 13.8. The van der Waals surface area contributed by atoms with E-state index in [1.54, 1.807) is 12.1 Å². The van der Waals surface area contributed by atoms with Gasteiger partial charge in [0.05, 0.1) is 24.5 Å². The van der Waals surface area contributed by atoms with Crippen molar-refractivity contribution in [2.75, 3.05) is 49.1 Å². The molecule has 6 aromatic rings. The summed E-state index contributed by atoms with van der Waals surface area (Å²) in [6.45, 7) is 4.94. The van der Waals surface area contributed by atoms with Crippen LogP contribution in [0, 0.1) is 17.7 Å². The van der Waals surface area contributed by atoms with Crippen molar-refractivity contribution in [2.24, 2.45) is 0 Å². The van der Waals surface area contributed by atoms with E-state index in [1.807, 2.05) is 70.0 Å². The SMILES string of the molecule is O=C1CCC(n2ccc3cc(C#CCN4CCN(c5cccc(-c6cnc7ccc(N8CCC[C@@H]8c8cccc(F)c8)nn67)n5)CC4)ccc32)C(=O)N1. The molecule has 53 heavy (non-hydrogen) atoms. The summed E-state index contributed by atoms with van der Waals surface area (Å²) in [6.07, 6.45) is 6.56. The van der Waals surface area contributed by atoms with E-state index >= 15 is 0 Å². The van der Waals surface area contributed by atoms with Crippen LogP contribution in [0.25, 0.3) is 27.9 Å². The number of pyridine rings is 1. The molecule has 0 aliphatic carbocycles. The number of halogens is 1. The molecule has 3 fully saturated rings. The highest BCUT2D eigenvalue weighted by Gasteiger charge is 2.29. The van der Waals surface area contributed by atoms with Crippen LogP contribution in [0.3, 0.4) is 0 Å². The Hall–Kier alpha value is -6.06. The third-order valence-corrected chi connectivity index (χ3v) is 10.6. The first kappa shape index (κ1) is 32.8. The number of nitrogens with one attached hydrogen (secondary N) is 1. The van der Waals surface area contributed by atoms with Gasteiger partial charge in [0.25, 0.3) is 0 Å². The van der Waals surface area contributed by atoms with Gasteiger partial charge in [0.1, 0.15) is 29.2 Å². The number of piperidine rings is 1. The first-order valence-corrected chi connectivity index (χ1v) is 18.2. The lowest BCUT2D eigenvalue weighted by molar-refractivity contribution is -0.135. The van der Waals surface area contributed by atoms with Crippen LogP contribution < -0.4 is 15.1 Å². The minimum absolute atomic E-state index is 0.0742. The molecule has 3 aliphatic rings. The summed E-state index contributed by atoms with van der Waals surface area (Å²) in [5.41, 5.74) is 5.23. The summed E-state index contributed by atoms with van der Waals surface area (Å²) < 4.78 is 17.9. The van der Waals surface area contributed by atoms with Crippen LogP contribution in [0.15, 0.2) is 91.3 Å². The highest BCUT2D eigenvalue weighted by molar-refractivity contribution is 6.00. The molecule has 0 radical (unpaired) electrons. The zero-order valence-corrected chi connectivity index (χ0v) is 29.2. The molecule has 7 heterocycles. The van der Waals surface area contributed by atoms with Gasteiger partial charge in [-0.3, -0.25) is 19.8 Å². The fourth-order valence-electron chi connectivity index (χ4n) is 7.88. The van der Waals surface area contributed by atoms with Gasteiger partial charge in [-0.05, 0) is 85.5 Å². The Balaban J connectivity index is 0.847. The van der Waals surface area contributed by atoms with Crippen LogP contribution in [-0.2, 0) is 9.59 Å². The second-order valence-electron chi connectivity index (χ2n) is 13.9. The predicted octanol–water partition coefficient (Wildman–Crippen LogP) is 5.38. The topological polar surface area (TPSA) is 104 Å². The van der Waals surface area contributed by atoms with E-state index in [-0.39, 0.29) is 29.7 Å². The maximum absolute atomic E-state index is 14.1. The Kier molecular flexibility index (Phi) is 8.56. The second-order valence-corrected chi connectivity index (χ2v) is 13.9. The van der Waals surface area contributed by atoms with Crippen molar-refractivity contribution in [2.45, 2.75) is 37.8 Å². The highest BCUT2D eigenvalue weighted by atomic mass is 19.1. The molecule has 0 spiro atoms. The molecule has 0 bridgehead atoms. The number of hydrogen-bond donors (Lipinski definition) is 1. The van der Waals surface area contributed by atoms with Crippen molar-refractivity contribution in [3.05, 3.63) is 108 Å². The van der Waals surface area contributed by atoms with Gasteiger partial charge < -0.3 is 14.4 Å². The number of carbonyl (C=O) groups excluding carboxylic acids is 2. The van der Waals surface area contributed by atoms with Gasteiger partial charge in [0.2, 0.25) is 11.8 Å². The minimum atomic E-state index is -0.377. The largest absolute Gasteiger partial charge is 0.354 e. The van der Waals surface area contributed by atoms with Crippen LogP contribution >= 0.6 is 0 Å². The Bertz CT molecular complexity index is 2420. The van der Waals surface area contributed by atoms with Crippen molar-refractivity contribution in [1.29, 1.82) is 0 Å². The third-order valence-electron chi connectivity index (χ3n) is 10.6. The molecule has 2 aromatic carbocycles. The number of imidazole rings is 1. The Morgan fingerprint density at radius 2 is 1.75 bits per heavy atom. The summed E-state index contributed by atoms with van der Waals surface area (Å²) in [4.78, 5) is 40.6. The number of imide groups is 1. The number of rotatable bonds is 6. The molecular formula is C41H38FN9O2. The fourth-order valence-corrected chi connectivity index (χ4v) is 7.88. The average Bonchev–Trinajstić information content (AvgIpc) is 3.94. The molecule has 9 rings (SSSR count). The lowest BCUT2D eigenvalue weighted by Gasteiger charge is -2.34. The van der Waals surface area contributed by atoms with E-state index in [2.05, 4.69) is 49.0 Å². The number of piperazine rings is 1. The number of nitrogens with zero attached hydrogens (tertiary/aromatic N) is 8. The smallest absolute Gasteiger partial charge is 0.249 e. The molecule has 3 saturated heterocycles. The van der Waals surface area contributed by atoms with Gasteiger partial charge in [-0.2, -0.15) is 0 Å². The van der Waals surface area contributed by atoms with Gasteiger partial charge in [0.15, 0.2) is 5.65 Å². The molecule has 12 heteroatoms. The van der Waals surface area contributed by atoms with Gasteiger partial charge >= 0.3 is 0 Å². The molecule has 4 aromatic heterocycles. The Morgan fingerprint density at radius 3 is 2.62 bits per heavy atom. The van der Waals surface area contributed by atoms with E-state index in [0.717, 1.165) is 96.3 Å². The standard InChI is InChI=1S/C41H38FN9O2/c42-31-7-1-6-29(26-31)33-9-4-19-50(33)39-15-14-37-43-27-36(51(37)46-39)32-8-2-10-38(44-32)48-23-21-47(22-24-48)18-3-5-28-11-12-34-30(25-28)17-20-49(34)35-13-16-40(52)45-41(35)53/h1-2,6-8,10-12,14-15,17,20,25-27,33,35H,4,9,13,16,18-19,21-24H2,(H,45,52,53)/t33-,35?/m1/s1. The summed E-state index contributed by atoms with van der Waals surface area (Å²) in [6, 6.07) is 24.7. The first-order valence-electron chi connectivity index (χ1n) is 18.2. The monoisotopic (exact) mass is 707 g/mol. The van der Waals surface area contributed by atoms with Crippen molar-refractivity contribution in [3.8, 4) is 23.2 Å². The van der Waals surface area contributed by atoms with Gasteiger partial charge in [-0.25, -0.2) is 18.9 Å². The molecule has 2 amide bonds. The lowest BCUT2D eigenvalue weighted by atomic mass is 10.0. The average molecular weight is 708 g/mol. The van der Waals surface area contributed by atoms with E-state index in [9.17, 15) is 14.0 Å². The van der Waals surface area contributed by atoms with E-state index in [4.69, 9.17) is 10.1 Å². The van der Waals surface area contributed by atoms with Crippen molar-refractivity contribution in [1.82, 2.24) is 34.4 Å². The van der Waals surface area contributed by atoms with Crippen LogP contribution in [0.2, 0.25) is 0 Å². The van der Waals surface area contributed by atoms with Crippen molar-refractivity contribution >= 4 is 40.0 Å². The zero-order valence-electron chi connectivity index (χ0n) is 29.2. The molecular weight excluding hydrogens is 670 g/mol. The summed E-state index contributed by atoms with van der Waals surface area (Å²) in [5.74, 6) is 7.75. The lowest BCUT2D eigenvalue weighted by Crippen LogP contribution is -2.46.